The number of nitrogens with zero attached hydrogens (tertiary/aromatic N) is 2. The Bertz CT molecular complexity index is 590. The van der Waals surface area contributed by atoms with Crippen molar-refractivity contribution in [1.82, 2.24) is 10.1 Å². The zero-order valence-electron chi connectivity index (χ0n) is 12.4. The van der Waals surface area contributed by atoms with Crippen LogP contribution in [0.1, 0.15) is 24.7 Å². The van der Waals surface area contributed by atoms with Crippen LogP contribution < -0.4 is 0 Å². The molecule has 0 unspecified atom stereocenters. The summed E-state index contributed by atoms with van der Waals surface area (Å²) in [6.45, 7) is 5.89. The highest BCUT2D eigenvalue weighted by Crippen LogP contribution is 2.20. The van der Waals surface area contributed by atoms with E-state index in [2.05, 4.69) is 5.16 Å². The lowest BCUT2D eigenvalue weighted by Crippen LogP contribution is -2.25. The van der Waals surface area contributed by atoms with Crippen molar-refractivity contribution in [2.24, 2.45) is 0 Å². The quantitative estimate of drug-likeness (QED) is 0.848. The van der Waals surface area contributed by atoms with Gasteiger partial charge in [-0.05, 0) is 13.5 Å². The van der Waals surface area contributed by atoms with Gasteiger partial charge in [0, 0.05) is 18.2 Å². The minimum Gasteiger partial charge on any atom is -0.481 e. The average Bonchev–Trinajstić information content (AvgIpc) is 2.92. The van der Waals surface area contributed by atoms with Gasteiger partial charge in [0.25, 0.3) is 0 Å². The molecule has 5 nitrogen and oxygen atoms in total. The molecule has 21 heavy (non-hydrogen) atoms. The molecule has 0 aliphatic carbocycles. The molecule has 0 spiro atoms. The second kappa shape index (κ2) is 7.04. The summed E-state index contributed by atoms with van der Waals surface area (Å²) < 4.78 is 5.35. The molecule has 0 atom stereocenters. The van der Waals surface area contributed by atoms with E-state index in [0.717, 1.165) is 23.6 Å². The van der Waals surface area contributed by atoms with E-state index < -0.39 is 5.97 Å². The predicted octanol–water partition coefficient (Wildman–Crippen LogP) is 2.95. The molecule has 0 aliphatic rings. The molecule has 112 valence electrons. The summed E-state index contributed by atoms with van der Waals surface area (Å²) in [5.74, 6) is -0.0378. The number of aryl methyl sites for hydroxylation is 1. The van der Waals surface area contributed by atoms with E-state index in [-0.39, 0.29) is 6.42 Å². The first-order chi connectivity index (χ1) is 10.1. The Kier molecular flexibility index (Phi) is 5.11. The van der Waals surface area contributed by atoms with Crippen molar-refractivity contribution in [2.75, 3.05) is 13.1 Å². The van der Waals surface area contributed by atoms with Crippen molar-refractivity contribution < 1.29 is 14.4 Å². The van der Waals surface area contributed by atoms with Gasteiger partial charge >= 0.3 is 5.97 Å². The van der Waals surface area contributed by atoms with Gasteiger partial charge in [-0.15, -0.1) is 0 Å². The Morgan fingerprint density at radius 1 is 1.33 bits per heavy atom. The number of rotatable bonds is 7. The second-order valence-corrected chi connectivity index (χ2v) is 5.06. The van der Waals surface area contributed by atoms with Crippen LogP contribution in [-0.4, -0.2) is 34.2 Å². The van der Waals surface area contributed by atoms with Crippen molar-refractivity contribution in [3.63, 3.8) is 0 Å². The smallest absolute Gasteiger partial charge is 0.304 e. The number of benzene rings is 1. The lowest BCUT2D eigenvalue weighted by Gasteiger charge is -2.16. The highest BCUT2D eigenvalue weighted by atomic mass is 16.5. The number of aromatic nitrogens is 1. The Morgan fingerprint density at radius 2 is 2.05 bits per heavy atom. The summed E-state index contributed by atoms with van der Waals surface area (Å²) >= 11 is 0. The molecule has 1 aromatic carbocycles. The standard InChI is InChI=1S/C16H20N2O3/c1-3-18(9-8-16(19)20)11-14-10-15(17-21-14)13-6-4-12(2)5-7-13/h4-7,10H,3,8-9,11H2,1-2H3,(H,19,20). The zero-order valence-corrected chi connectivity index (χ0v) is 12.4. The zero-order chi connectivity index (χ0) is 15.2. The Hall–Kier alpha value is -2.14. The van der Waals surface area contributed by atoms with Gasteiger partial charge in [-0.1, -0.05) is 41.9 Å². The molecule has 2 aromatic rings. The first-order valence-electron chi connectivity index (χ1n) is 7.05. The van der Waals surface area contributed by atoms with Crippen LogP contribution in [-0.2, 0) is 11.3 Å². The minimum atomic E-state index is -0.786. The molecular weight excluding hydrogens is 268 g/mol. The van der Waals surface area contributed by atoms with Gasteiger partial charge in [0.1, 0.15) is 5.69 Å². The molecule has 1 aromatic heterocycles. The minimum absolute atomic E-state index is 0.132. The highest BCUT2D eigenvalue weighted by molar-refractivity contribution is 5.66. The van der Waals surface area contributed by atoms with Crippen LogP contribution in [0, 0.1) is 6.92 Å². The van der Waals surface area contributed by atoms with E-state index in [1.54, 1.807) is 0 Å². The topological polar surface area (TPSA) is 66.6 Å². The summed E-state index contributed by atoms with van der Waals surface area (Å²) in [6, 6.07) is 10.0. The van der Waals surface area contributed by atoms with Crippen LogP contribution in [0.15, 0.2) is 34.9 Å². The average molecular weight is 288 g/mol. The Balaban J connectivity index is 2.01. The van der Waals surface area contributed by atoms with Crippen molar-refractivity contribution in [3.8, 4) is 11.3 Å². The van der Waals surface area contributed by atoms with Crippen molar-refractivity contribution in [3.05, 3.63) is 41.7 Å². The summed E-state index contributed by atoms with van der Waals surface area (Å²) in [5, 5.41) is 12.8. The summed E-state index contributed by atoms with van der Waals surface area (Å²) in [7, 11) is 0. The van der Waals surface area contributed by atoms with E-state index in [1.165, 1.54) is 5.56 Å². The van der Waals surface area contributed by atoms with Gasteiger partial charge in [0.15, 0.2) is 5.76 Å². The van der Waals surface area contributed by atoms with Gasteiger partial charge in [-0.3, -0.25) is 9.69 Å². The molecule has 0 fully saturated rings. The lowest BCUT2D eigenvalue weighted by molar-refractivity contribution is -0.137. The second-order valence-electron chi connectivity index (χ2n) is 5.06. The number of hydrogen-bond donors (Lipinski definition) is 1. The van der Waals surface area contributed by atoms with Crippen molar-refractivity contribution in [2.45, 2.75) is 26.8 Å². The lowest BCUT2D eigenvalue weighted by atomic mass is 10.1. The van der Waals surface area contributed by atoms with Crippen molar-refractivity contribution >= 4 is 5.97 Å². The highest BCUT2D eigenvalue weighted by Gasteiger charge is 2.11. The summed E-state index contributed by atoms with van der Waals surface area (Å²) in [6.07, 6.45) is 0.132. The molecule has 5 heteroatoms. The Labute approximate surface area is 124 Å². The Morgan fingerprint density at radius 3 is 2.67 bits per heavy atom. The maximum absolute atomic E-state index is 10.6. The normalized spacial score (nSPS) is 11.0. The number of carboxylic acid groups (broad SMARTS) is 1. The molecule has 0 bridgehead atoms. The van der Waals surface area contributed by atoms with Crippen LogP contribution in [0.2, 0.25) is 0 Å². The predicted molar refractivity (Wildman–Crippen MR) is 79.9 cm³/mol. The van der Waals surface area contributed by atoms with Crippen LogP contribution in [0.4, 0.5) is 0 Å². The van der Waals surface area contributed by atoms with Gasteiger partial charge < -0.3 is 9.63 Å². The maximum atomic E-state index is 10.6. The monoisotopic (exact) mass is 288 g/mol. The van der Waals surface area contributed by atoms with E-state index in [9.17, 15) is 4.79 Å². The number of carboxylic acids is 1. The third-order valence-electron chi connectivity index (χ3n) is 3.37. The fraction of sp³-hybridized carbons (Fsp3) is 0.375. The van der Waals surface area contributed by atoms with Gasteiger partial charge in [-0.25, -0.2) is 0 Å². The number of hydrogen-bond acceptors (Lipinski definition) is 4. The largest absolute Gasteiger partial charge is 0.481 e. The summed E-state index contributed by atoms with van der Waals surface area (Å²) in [5.41, 5.74) is 3.02. The third kappa shape index (κ3) is 4.43. The first-order valence-corrected chi connectivity index (χ1v) is 7.05. The van der Waals surface area contributed by atoms with Crippen LogP contribution in [0.5, 0.6) is 0 Å². The molecular formula is C16H20N2O3. The molecule has 1 N–H and O–H groups in total. The van der Waals surface area contributed by atoms with E-state index in [1.807, 2.05) is 49.1 Å². The van der Waals surface area contributed by atoms with E-state index in [0.29, 0.717) is 13.1 Å². The number of carbonyl (C=O) groups is 1. The van der Waals surface area contributed by atoms with Crippen LogP contribution >= 0.6 is 0 Å². The molecule has 0 saturated heterocycles. The molecule has 0 radical (unpaired) electrons. The van der Waals surface area contributed by atoms with Crippen molar-refractivity contribution in [1.29, 1.82) is 0 Å². The molecule has 0 aliphatic heterocycles. The number of aliphatic carboxylic acids is 1. The summed E-state index contributed by atoms with van der Waals surface area (Å²) in [4.78, 5) is 12.6. The fourth-order valence-electron chi connectivity index (χ4n) is 2.07. The van der Waals surface area contributed by atoms with Gasteiger partial charge in [0.2, 0.25) is 0 Å². The maximum Gasteiger partial charge on any atom is 0.304 e. The van der Waals surface area contributed by atoms with Gasteiger partial charge in [0.05, 0.1) is 13.0 Å². The molecule has 1 heterocycles. The van der Waals surface area contributed by atoms with Crippen LogP contribution in [0.3, 0.4) is 0 Å². The van der Waals surface area contributed by atoms with Crippen LogP contribution in [0.25, 0.3) is 11.3 Å². The van der Waals surface area contributed by atoms with Gasteiger partial charge in [-0.2, -0.15) is 0 Å². The molecule has 0 saturated carbocycles. The van der Waals surface area contributed by atoms with E-state index >= 15 is 0 Å². The first kappa shape index (κ1) is 15.3. The fourth-order valence-corrected chi connectivity index (χ4v) is 2.07. The molecule has 0 amide bonds. The SMILES string of the molecule is CCN(CCC(=O)O)Cc1cc(-c2ccc(C)cc2)no1. The third-order valence-corrected chi connectivity index (χ3v) is 3.37. The van der Waals surface area contributed by atoms with E-state index in [4.69, 9.17) is 9.63 Å². The molecule has 2 rings (SSSR count).